The first-order valence-electron chi connectivity index (χ1n) is 15.2. The minimum atomic E-state index is -0.244. The molecule has 42 heavy (non-hydrogen) atoms. The maximum absolute atomic E-state index is 13.4. The first kappa shape index (κ1) is 30.6. The zero-order valence-corrected chi connectivity index (χ0v) is 24.8. The molecule has 0 aliphatic rings. The molecule has 6 heteroatoms. The summed E-state index contributed by atoms with van der Waals surface area (Å²) in [4.78, 5) is 26.7. The van der Waals surface area contributed by atoms with Crippen LogP contribution in [0.5, 0.6) is 11.5 Å². The molecule has 0 atom stereocenters. The molecule has 4 rings (SSSR count). The lowest BCUT2D eigenvalue weighted by molar-refractivity contribution is 0.101. The zero-order valence-electron chi connectivity index (χ0n) is 24.8. The normalized spacial score (nSPS) is 10.8. The van der Waals surface area contributed by atoms with Crippen molar-refractivity contribution in [3.63, 3.8) is 0 Å². The Labute approximate surface area is 249 Å². The number of para-hydroxylation sites is 2. The molecule has 0 saturated heterocycles. The Hall–Kier alpha value is -4.32. The molecule has 0 saturated carbocycles. The van der Waals surface area contributed by atoms with Gasteiger partial charge in [0.15, 0.2) is 0 Å². The molecular formula is C36H42N2O4. The maximum atomic E-state index is 13.4. The molecule has 0 aromatic heterocycles. The molecule has 4 aromatic rings. The second kappa shape index (κ2) is 16.2. The summed E-state index contributed by atoms with van der Waals surface area (Å²) in [6.07, 6.45) is 8.80. The SMILES string of the molecule is CCCCCCOc1ccccc1C(=O)Nc1cccc2c(NC(=O)c3ccccc3OCCCCCC)cccc12. The van der Waals surface area contributed by atoms with Crippen LogP contribution in [0.15, 0.2) is 84.9 Å². The lowest BCUT2D eigenvalue weighted by atomic mass is 10.1. The molecule has 0 aliphatic carbocycles. The van der Waals surface area contributed by atoms with Crippen LogP contribution in [0.25, 0.3) is 10.8 Å². The van der Waals surface area contributed by atoms with Crippen molar-refractivity contribution in [2.24, 2.45) is 0 Å². The van der Waals surface area contributed by atoms with Gasteiger partial charge in [-0.2, -0.15) is 0 Å². The summed E-state index contributed by atoms with van der Waals surface area (Å²) in [6.45, 7) is 5.51. The van der Waals surface area contributed by atoms with E-state index in [1.807, 2.05) is 72.8 Å². The lowest BCUT2D eigenvalue weighted by Gasteiger charge is -2.15. The molecule has 0 radical (unpaired) electrons. The average molecular weight is 567 g/mol. The number of carbonyl (C=O) groups is 2. The van der Waals surface area contributed by atoms with Crippen molar-refractivity contribution in [3.8, 4) is 11.5 Å². The molecule has 0 aliphatic heterocycles. The Kier molecular flexibility index (Phi) is 11.8. The highest BCUT2D eigenvalue weighted by Crippen LogP contribution is 2.31. The van der Waals surface area contributed by atoms with Crippen molar-refractivity contribution in [2.75, 3.05) is 23.8 Å². The second-order valence-electron chi connectivity index (χ2n) is 10.4. The molecule has 0 fully saturated rings. The number of fused-ring (bicyclic) bond motifs is 1. The second-order valence-corrected chi connectivity index (χ2v) is 10.4. The smallest absolute Gasteiger partial charge is 0.259 e. The summed E-state index contributed by atoms with van der Waals surface area (Å²) in [5.74, 6) is 0.661. The molecule has 0 bridgehead atoms. The van der Waals surface area contributed by atoms with E-state index in [9.17, 15) is 9.59 Å². The number of amides is 2. The third-order valence-corrected chi connectivity index (χ3v) is 7.19. The molecule has 0 spiro atoms. The number of carbonyl (C=O) groups excluding carboxylic acids is 2. The minimum absolute atomic E-state index is 0.244. The van der Waals surface area contributed by atoms with Gasteiger partial charge in [0, 0.05) is 22.1 Å². The quantitative estimate of drug-likeness (QED) is 0.133. The Balaban J connectivity index is 1.48. The summed E-state index contributed by atoms with van der Waals surface area (Å²) in [7, 11) is 0. The highest BCUT2D eigenvalue weighted by Gasteiger charge is 2.17. The van der Waals surface area contributed by atoms with Crippen molar-refractivity contribution < 1.29 is 19.1 Å². The van der Waals surface area contributed by atoms with E-state index < -0.39 is 0 Å². The highest BCUT2D eigenvalue weighted by molar-refractivity contribution is 6.15. The molecule has 6 nitrogen and oxygen atoms in total. The van der Waals surface area contributed by atoms with Gasteiger partial charge in [-0.1, -0.05) is 101 Å². The number of nitrogens with one attached hydrogen (secondary N) is 2. The van der Waals surface area contributed by atoms with Crippen molar-refractivity contribution in [3.05, 3.63) is 96.1 Å². The predicted molar refractivity (Wildman–Crippen MR) is 172 cm³/mol. The van der Waals surface area contributed by atoms with Gasteiger partial charge in [-0.05, 0) is 49.2 Å². The standard InChI is InChI=1S/C36H42N2O4/c1-3-5-7-13-25-41-33-23-11-9-17-29(33)35(39)37-31-21-15-20-28-27(31)19-16-22-32(28)38-36(40)30-18-10-12-24-34(30)42-26-14-8-6-4-2/h9-12,15-24H,3-8,13-14,25-26H2,1-2H3,(H,37,39)(H,38,40). The number of rotatable bonds is 16. The van der Waals surface area contributed by atoms with Crippen molar-refractivity contribution in [2.45, 2.75) is 65.2 Å². The summed E-state index contributed by atoms with van der Waals surface area (Å²) in [6, 6.07) is 26.0. The van der Waals surface area contributed by atoms with Crippen LogP contribution in [0, 0.1) is 0 Å². The first-order chi connectivity index (χ1) is 20.6. The fraction of sp³-hybridized carbons (Fsp3) is 0.333. The Bertz CT molecular complexity index is 1360. The van der Waals surface area contributed by atoms with E-state index in [1.165, 1.54) is 12.8 Å². The van der Waals surface area contributed by atoms with Gasteiger partial charge >= 0.3 is 0 Å². The predicted octanol–water partition coefficient (Wildman–Crippen LogP) is 9.26. The van der Waals surface area contributed by atoms with Crippen LogP contribution >= 0.6 is 0 Å². The summed E-state index contributed by atoms with van der Waals surface area (Å²) in [5, 5.41) is 7.76. The van der Waals surface area contributed by atoms with Gasteiger partial charge in [0.05, 0.1) is 24.3 Å². The average Bonchev–Trinajstić information content (AvgIpc) is 3.01. The van der Waals surface area contributed by atoms with Crippen LogP contribution in [-0.2, 0) is 0 Å². The Morgan fingerprint density at radius 1 is 0.524 bits per heavy atom. The van der Waals surface area contributed by atoms with Crippen LogP contribution in [0.3, 0.4) is 0 Å². The van der Waals surface area contributed by atoms with Gasteiger partial charge in [0.1, 0.15) is 11.5 Å². The number of hydrogen-bond acceptors (Lipinski definition) is 4. The van der Waals surface area contributed by atoms with E-state index >= 15 is 0 Å². The molecular weight excluding hydrogens is 524 g/mol. The van der Waals surface area contributed by atoms with Crippen LogP contribution in [-0.4, -0.2) is 25.0 Å². The van der Waals surface area contributed by atoms with Crippen molar-refractivity contribution >= 4 is 34.0 Å². The Morgan fingerprint density at radius 2 is 0.952 bits per heavy atom. The first-order valence-corrected chi connectivity index (χ1v) is 15.2. The van der Waals surface area contributed by atoms with Crippen molar-refractivity contribution in [1.29, 1.82) is 0 Å². The molecule has 0 unspecified atom stereocenters. The molecule has 220 valence electrons. The molecule has 0 heterocycles. The van der Waals surface area contributed by atoms with E-state index in [4.69, 9.17) is 9.47 Å². The van der Waals surface area contributed by atoms with E-state index in [0.717, 1.165) is 49.3 Å². The number of benzene rings is 4. The summed E-state index contributed by atoms with van der Waals surface area (Å²) < 4.78 is 11.9. The summed E-state index contributed by atoms with van der Waals surface area (Å²) in [5.41, 5.74) is 2.28. The van der Waals surface area contributed by atoms with Crippen LogP contribution in [0.2, 0.25) is 0 Å². The number of ether oxygens (including phenoxy) is 2. The maximum Gasteiger partial charge on any atom is 0.259 e. The van der Waals surface area contributed by atoms with Crippen LogP contribution in [0.1, 0.15) is 85.9 Å². The molecule has 2 amide bonds. The van der Waals surface area contributed by atoms with E-state index in [1.54, 1.807) is 12.1 Å². The van der Waals surface area contributed by atoms with E-state index in [0.29, 0.717) is 47.2 Å². The highest BCUT2D eigenvalue weighted by atomic mass is 16.5. The Morgan fingerprint density at radius 3 is 1.38 bits per heavy atom. The lowest BCUT2D eigenvalue weighted by Crippen LogP contribution is -2.15. The third-order valence-electron chi connectivity index (χ3n) is 7.19. The number of unbranched alkanes of at least 4 members (excludes halogenated alkanes) is 6. The van der Waals surface area contributed by atoms with Crippen LogP contribution < -0.4 is 20.1 Å². The van der Waals surface area contributed by atoms with Gasteiger partial charge in [-0.15, -0.1) is 0 Å². The van der Waals surface area contributed by atoms with Gasteiger partial charge in [0.2, 0.25) is 0 Å². The number of hydrogen-bond donors (Lipinski definition) is 2. The van der Waals surface area contributed by atoms with Gasteiger partial charge in [-0.3, -0.25) is 9.59 Å². The fourth-order valence-electron chi connectivity index (χ4n) is 4.89. The topological polar surface area (TPSA) is 76.7 Å². The fourth-order valence-corrected chi connectivity index (χ4v) is 4.89. The van der Waals surface area contributed by atoms with E-state index in [2.05, 4.69) is 24.5 Å². The molecule has 4 aromatic carbocycles. The zero-order chi connectivity index (χ0) is 29.6. The van der Waals surface area contributed by atoms with Crippen molar-refractivity contribution in [1.82, 2.24) is 0 Å². The van der Waals surface area contributed by atoms with Gasteiger partial charge in [0.25, 0.3) is 11.8 Å². The minimum Gasteiger partial charge on any atom is -0.493 e. The van der Waals surface area contributed by atoms with Gasteiger partial charge in [-0.25, -0.2) is 0 Å². The third kappa shape index (κ3) is 8.35. The number of anilines is 2. The monoisotopic (exact) mass is 566 g/mol. The van der Waals surface area contributed by atoms with E-state index in [-0.39, 0.29) is 11.8 Å². The molecule has 2 N–H and O–H groups in total. The largest absolute Gasteiger partial charge is 0.493 e. The summed E-state index contributed by atoms with van der Waals surface area (Å²) >= 11 is 0. The van der Waals surface area contributed by atoms with Gasteiger partial charge < -0.3 is 20.1 Å². The van der Waals surface area contributed by atoms with Crippen LogP contribution in [0.4, 0.5) is 11.4 Å².